The van der Waals surface area contributed by atoms with Crippen LogP contribution < -0.4 is 11.1 Å². The Balaban J connectivity index is 2.00. The van der Waals surface area contributed by atoms with Gasteiger partial charge in [0.05, 0.1) is 0 Å². The largest absolute Gasteiger partial charge is 0.330 e. The van der Waals surface area contributed by atoms with E-state index in [-0.39, 0.29) is 0 Å². The smallest absolute Gasteiger partial charge is 0.0175 e. The molecule has 0 spiro atoms. The number of hydrogen-bond donors (Lipinski definition) is 2. The van der Waals surface area contributed by atoms with Crippen LogP contribution in [0.4, 0.5) is 0 Å². The standard InChI is InChI=1S/C16H32N2/c1-11(2)12(9-17)10-18-14-15(3,4)13-6-7-16(14,5)8-13/h11-14,18H,6-10,17H2,1-5H3. The molecule has 0 amide bonds. The first-order valence-electron chi connectivity index (χ1n) is 7.74. The Morgan fingerprint density at radius 3 is 2.39 bits per heavy atom. The molecule has 0 radical (unpaired) electrons. The lowest BCUT2D eigenvalue weighted by Gasteiger charge is -2.44. The molecule has 0 aromatic carbocycles. The van der Waals surface area contributed by atoms with Gasteiger partial charge in [-0.25, -0.2) is 0 Å². The highest BCUT2D eigenvalue weighted by molar-refractivity contribution is 5.12. The minimum absolute atomic E-state index is 0.461. The van der Waals surface area contributed by atoms with E-state index >= 15 is 0 Å². The van der Waals surface area contributed by atoms with Crippen LogP contribution in [-0.2, 0) is 0 Å². The van der Waals surface area contributed by atoms with Crippen molar-refractivity contribution in [2.24, 2.45) is 34.3 Å². The first-order valence-corrected chi connectivity index (χ1v) is 7.74. The maximum atomic E-state index is 5.89. The van der Waals surface area contributed by atoms with Crippen LogP contribution in [0.1, 0.15) is 53.9 Å². The van der Waals surface area contributed by atoms with Gasteiger partial charge >= 0.3 is 0 Å². The number of hydrogen-bond acceptors (Lipinski definition) is 2. The van der Waals surface area contributed by atoms with E-state index in [2.05, 4.69) is 39.9 Å². The molecule has 2 fully saturated rings. The average Bonchev–Trinajstić information content (AvgIpc) is 2.74. The van der Waals surface area contributed by atoms with Crippen molar-refractivity contribution in [2.75, 3.05) is 13.1 Å². The van der Waals surface area contributed by atoms with Gasteiger partial charge in [-0.15, -0.1) is 0 Å². The summed E-state index contributed by atoms with van der Waals surface area (Å²) in [6.07, 6.45) is 4.27. The predicted molar refractivity (Wildman–Crippen MR) is 78.4 cm³/mol. The van der Waals surface area contributed by atoms with Crippen molar-refractivity contribution in [3.63, 3.8) is 0 Å². The molecule has 2 rings (SSSR count). The zero-order valence-corrected chi connectivity index (χ0v) is 12.9. The molecule has 0 aromatic rings. The SMILES string of the molecule is CC(C)C(CN)CNC1C2(C)CCC(C2)C1(C)C. The Hall–Kier alpha value is -0.0800. The van der Waals surface area contributed by atoms with Gasteiger partial charge < -0.3 is 11.1 Å². The van der Waals surface area contributed by atoms with Crippen molar-refractivity contribution in [1.29, 1.82) is 0 Å². The van der Waals surface area contributed by atoms with E-state index in [9.17, 15) is 0 Å². The van der Waals surface area contributed by atoms with Gasteiger partial charge in [-0.1, -0.05) is 34.6 Å². The number of nitrogens with one attached hydrogen (secondary N) is 1. The molecule has 2 aliphatic rings. The second kappa shape index (κ2) is 4.79. The summed E-state index contributed by atoms with van der Waals surface area (Å²) >= 11 is 0. The molecule has 106 valence electrons. The average molecular weight is 252 g/mol. The molecule has 2 saturated carbocycles. The van der Waals surface area contributed by atoms with E-state index in [4.69, 9.17) is 5.73 Å². The molecule has 0 aliphatic heterocycles. The van der Waals surface area contributed by atoms with E-state index < -0.39 is 0 Å². The lowest BCUT2D eigenvalue weighted by atomic mass is 9.68. The zero-order chi connectivity index (χ0) is 13.6. The summed E-state index contributed by atoms with van der Waals surface area (Å²) in [5.74, 6) is 2.22. The third kappa shape index (κ3) is 2.22. The maximum Gasteiger partial charge on any atom is 0.0175 e. The second-order valence-electron chi connectivity index (χ2n) is 8.00. The molecule has 4 atom stereocenters. The molecule has 3 N–H and O–H groups in total. The number of fused-ring (bicyclic) bond motifs is 2. The normalized spacial score (nSPS) is 39.5. The van der Waals surface area contributed by atoms with Crippen LogP contribution in [0.25, 0.3) is 0 Å². The quantitative estimate of drug-likeness (QED) is 0.789. The maximum absolute atomic E-state index is 5.89. The van der Waals surface area contributed by atoms with Crippen LogP contribution in [0.5, 0.6) is 0 Å². The third-order valence-electron chi connectivity index (χ3n) is 6.10. The highest BCUT2D eigenvalue weighted by Crippen LogP contribution is 2.62. The van der Waals surface area contributed by atoms with Gasteiger partial charge in [0.1, 0.15) is 0 Å². The summed E-state index contributed by atoms with van der Waals surface area (Å²) in [7, 11) is 0. The summed E-state index contributed by atoms with van der Waals surface area (Å²) in [5.41, 5.74) is 6.89. The van der Waals surface area contributed by atoms with Crippen LogP contribution in [0.15, 0.2) is 0 Å². The highest BCUT2D eigenvalue weighted by Gasteiger charge is 2.58. The minimum atomic E-state index is 0.461. The van der Waals surface area contributed by atoms with Crippen LogP contribution in [0, 0.1) is 28.6 Å². The van der Waals surface area contributed by atoms with Crippen LogP contribution in [0.3, 0.4) is 0 Å². The molecular formula is C16H32N2. The summed E-state index contributed by atoms with van der Waals surface area (Å²) in [5, 5.41) is 3.90. The molecule has 0 saturated heterocycles. The molecule has 4 unspecified atom stereocenters. The first-order chi connectivity index (χ1) is 8.31. The number of rotatable bonds is 5. The van der Waals surface area contributed by atoms with Crippen molar-refractivity contribution in [3.8, 4) is 0 Å². The van der Waals surface area contributed by atoms with Crippen LogP contribution in [-0.4, -0.2) is 19.1 Å². The lowest BCUT2D eigenvalue weighted by Crippen LogP contribution is -2.52. The monoisotopic (exact) mass is 252 g/mol. The Bertz CT molecular complexity index is 293. The fourth-order valence-corrected chi connectivity index (χ4v) is 4.67. The van der Waals surface area contributed by atoms with E-state index in [1.54, 1.807) is 0 Å². The molecule has 0 heterocycles. The van der Waals surface area contributed by atoms with E-state index in [1.807, 2.05) is 0 Å². The van der Waals surface area contributed by atoms with Gasteiger partial charge in [0.25, 0.3) is 0 Å². The second-order valence-corrected chi connectivity index (χ2v) is 8.00. The molecule has 0 aromatic heterocycles. The van der Waals surface area contributed by atoms with E-state index in [0.717, 1.165) is 19.0 Å². The zero-order valence-electron chi connectivity index (χ0n) is 12.9. The summed E-state index contributed by atoms with van der Waals surface area (Å²) in [6.45, 7) is 13.9. The molecule has 2 aliphatic carbocycles. The van der Waals surface area contributed by atoms with Gasteiger partial charge in [0.2, 0.25) is 0 Å². The van der Waals surface area contributed by atoms with Gasteiger partial charge in [-0.2, -0.15) is 0 Å². The molecular weight excluding hydrogens is 220 g/mol. The van der Waals surface area contributed by atoms with Gasteiger partial charge in [0, 0.05) is 6.04 Å². The van der Waals surface area contributed by atoms with Crippen molar-refractivity contribution >= 4 is 0 Å². The fraction of sp³-hybridized carbons (Fsp3) is 1.00. The van der Waals surface area contributed by atoms with Crippen molar-refractivity contribution in [1.82, 2.24) is 5.32 Å². The van der Waals surface area contributed by atoms with Gasteiger partial charge in [-0.05, 0) is 60.9 Å². The van der Waals surface area contributed by atoms with Crippen molar-refractivity contribution in [2.45, 2.75) is 59.9 Å². The summed E-state index contributed by atoms with van der Waals surface area (Å²) in [4.78, 5) is 0. The molecule has 2 nitrogen and oxygen atoms in total. The van der Waals surface area contributed by atoms with E-state index in [0.29, 0.717) is 28.7 Å². The van der Waals surface area contributed by atoms with E-state index in [1.165, 1.54) is 19.3 Å². The van der Waals surface area contributed by atoms with Gasteiger partial charge in [0.15, 0.2) is 0 Å². The Labute approximate surface area is 113 Å². The summed E-state index contributed by atoms with van der Waals surface area (Å²) < 4.78 is 0. The van der Waals surface area contributed by atoms with Gasteiger partial charge in [-0.3, -0.25) is 0 Å². The molecule has 18 heavy (non-hydrogen) atoms. The topological polar surface area (TPSA) is 38.0 Å². The highest BCUT2D eigenvalue weighted by atomic mass is 15.0. The molecule has 2 heteroatoms. The fourth-order valence-electron chi connectivity index (χ4n) is 4.67. The third-order valence-corrected chi connectivity index (χ3v) is 6.10. The first kappa shape index (κ1) is 14.3. The Morgan fingerprint density at radius 2 is 1.94 bits per heavy atom. The molecule has 2 bridgehead atoms. The van der Waals surface area contributed by atoms with Crippen molar-refractivity contribution in [3.05, 3.63) is 0 Å². The Kier molecular flexibility index (Phi) is 3.81. The number of nitrogens with two attached hydrogens (primary N) is 1. The van der Waals surface area contributed by atoms with Crippen LogP contribution in [0.2, 0.25) is 0 Å². The summed E-state index contributed by atoms with van der Waals surface area (Å²) in [6, 6.07) is 0.677. The van der Waals surface area contributed by atoms with Crippen molar-refractivity contribution < 1.29 is 0 Å². The predicted octanol–water partition coefficient (Wildman–Crippen LogP) is 3.02. The minimum Gasteiger partial charge on any atom is -0.330 e. The Morgan fingerprint density at radius 1 is 1.28 bits per heavy atom. The van der Waals surface area contributed by atoms with Crippen LogP contribution >= 0.6 is 0 Å². The lowest BCUT2D eigenvalue weighted by molar-refractivity contribution is 0.103.